The Morgan fingerprint density at radius 1 is 1.58 bits per heavy atom. The molecule has 68 valence electrons. The maximum absolute atomic E-state index is 10.9. The first-order valence-electron chi connectivity index (χ1n) is 2.90. The van der Waals surface area contributed by atoms with E-state index in [9.17, 15) is 13.2 Å². The Kier molecular flexibility index (Phi) is 2.29. The average Bonchev–Trinajstić information content (AvgIpc) is 1.96. The van der Waals surface area contributed by atoms with Gasteiger partial charge in [0, 0.05) is 7.05 Å². The van der Waals surface area contributed by atoms with Gasteiger partial charge in [-0.15, -0.1) is 4.40 Å². The SMILES string of the molecule is CSC1=NS(=O)(=O)NC(=O)N1C. The summed E-state index contributed by atoms with van der Waals surface area (Å²) in [6.45, 7) is 0. The van der Waals surface area contributed by atoms with Crippen molar-refractivity contribution in [3.8, 4) is 0 Å². The molecule has 0 unspecified atom stereocenters. The Morgan fingerprint density at radius 2 is 2.17 bits per heavy atom. The van der Waals surface area contributed by atoms with Crippen LogP contribution in [0.25, 0.3) is 0 Å². The van der Waals surface area contributed by atoms with Gasteiger partial charge in [0.15, 0.2) is 5.17 Å². The van der Waals surface area contributed by atoms with Gasteiger partial charge in [0.25, 0.3) is 0 Å². The maximum Gasteiger partial charge on any atom is 0.348 e. The number of urea groups is 1. The fraction of sp³-hybridized carbons (Fsp3) is 0.500. The monoisotopic (exact) mass is 209 g/mol. The van der Waals surface area contributed by atoms with Crippen LogP contribution in [0.3, 0.4) is 0 Å². The maximum atomic E-state index is 10.9. The lowest BCUT2D eigenvalue weighted by atomic mass is 10.8. The Labute approximate surface area is 74.2 Å². The highest BCUT2D eigenvalue weighted by molar-refractivity contribution is 8.14. The quantitative estimate of drug-likeness (QED) is 0.589. The Hall–Kier alpha value is -0.760. The van der Waals surface area contributed by atoms with E-state index in [1.54, 1.807) is 11.0 Å². The fourth-order valence-corrected chi connectivity index (χ4v) is 2.31. The van der Waals surface area contributed by atoms with Crippen molar-refractivity contribution in [2.45, 2.75) is 0 Å². The van der Waals surface area contributed by atoms with E-state index < -0.39 is 16.2 Å². The number of rotatable bonds is 0. The molecular formula is C4H7N3O3S2. The summed E-state index contributed by atoms with van der Waals surface area (Å²) in [5.74, 6) is 0. The molecular weight excluding hydrogens is 202 g/mol. The molecule has 0 radical (unpaired) electrons. The molecule has 2 amide bonds. The molecule has 1 rings (SSSR count). The van der Waals surface area contributed by atoms with E-state index in [0.717, 1.165) is 16.7 Å². The molecule has 8 heteroatoms. The number of hydrogen-bond donors (Lipinski definition) is 1. The first-order valence-corrected chi connectivity index (χ1v) is 5.57. The minimum Gasteiger partial charge on any atom is -0.275 e. The van der Waals surface area contributed by atoms with Crippen LogP contribution in [0.15, 0.2) is 4.40 Å². The zero-order valence-corrected chi connectivity index (χ0v) is 8.07. The van der Waals surface area contributed by atoms with Gasteiger partial charge in [-0.1, -0.05) is 11.8 Å². The summed E-state index contributed by atoms with van der Waals surface area (Å²) in [6, 6.07) is -0.686. The van der Waals surface area contributed by atoms with E-state index in [2.05, 4.69) is 4.40 Å². The van der Waals surface area contributed by atoms with Crippen LogP contribution in [-0.4, -0.2) is 37.8 Å². The van der Waals surface area contributed by atoms with E-state index >= 15 is 0 Å². The van der Waals surface area contributed by atoms with Gasteiger partial charge in [-0.25, -0.2) is 9.52 Å². The van der Waals surface area contributed by atoms with Gasteiger partial charge < -0.3 is 0 Å². The van der Waals surface area contributed by atoms with Gasteiger partial charge in [0.2, 0.25) is 0 Å². The van der Waals surface area contributed by atoms with Crippen LogP contribution in [0, 0.1) is 0 Å². The highest BCUT2D eigenvalue weighted by Gasteiger charge is 2.26. The summed E-state index contributed by atoms with van der Waals surface area (Å²) in [7, 11) is -2.36. The number of hydrogen-bond acceptors (Lipinski definition) is 4. The predicted molar refractivity (Wildman–Crippen MR) is 46.2 cm³/mol. The number of nitrogens with one attached hydrogen (secondary N) is 1. The summed E-state index contributed by atoms with van der Waals surface area (Å²) in [4.78, 5) is 12.1. The van der Waals surface area contributed by atoms with Gasteiger partial charge in [-0.3, -0.25) is 4.90 Å². The van der Waals surface area contributed by atoms with E-state index in [1.165, 1.54) is 7.05 Å². The smallest absolute Gasteiger partial charge is 0.275 e. The first kappa shape index (κ1) is 9.33. The van der Waals surface area contributed by atoms with Crippen LogP contribution in [0.4, 0.5) is 4.79 Å². The molecule has 1 aliphatic rings. The molecule has 0 spiro atoms. The Morgan fingerprint density at radius 3 is 2.67 bits per heavy atom. The molecule has 0 bridgehead atoms. The largest absolute Gasteiger partial charge is 0.348 e. The fourth-order valence-electron chi connectivity index (χ4n) is 0.627. The Balaban J connectivity index is 3.13. The van der Waals surface area contributed by atoms with Crippen molar-refractivity contribution >= 4 is 33.2 Å². The zero-order chi connectivity index (χ0) is 9.35. The van der Waals surface area contributed by atoms with Crippen molar-refractivity contribution in [2.75, 3.05) is 13.3 Å². The second kappa shape index (κ2) is 2.94. The van der Waals surface area contributed by atoms with Crippen molar-refractivity contribution in [3.05, 3.63) is 0 Å². The lowest BCUT2D eigenvalue weighted by molar-refractivity contribution is 0.232. The summed E-state index contributed by atoms with van der Waals surface area (Å²) in [5, 5.41) is 0.166. The third-order valence-electron chi connectivity index (χ3n) is 1.19. The number of amides is 2. The molecule has 0 aliphatic carbocycles. The van der Waals surface area contributed by atoms with Crippen molar-refractivity contribution in [1.82, 2.24) is 9.62 Å². The topological polar surface area (TPSA) is 78.8 Å². The van der Waals surface area contributed by atoms with Crippen molar-refractivity contribution in [2.24, 2.45) is 4.40 Å². The van der Waals surface area contributed by atoms with E-state index in [4.69, 9.17) is 0 Å². The number of thioether (sulfide) groups is 1. The van der Waals surface area contributed by atoms with Crippen LogP contribution in [-0.2, 0) is 10.2 Å². The van der Waals surface area contributed by atoms with Crippen LogP contribution in [0.5, 0.6) is 0 Å². The minimum atomic E-state index is -3.80. The van der Waals surface area contributed by atoms with Crippen molar-refractivity contribution in [1.29, 1.82) is 0 Å². The molecule has 6 nitrogen and oxygen atoms in total. The third-order valence-corrected chi connectivity index (χ3v) is 2.88. The van der Waals surface area contributed by atoms with Gasteiger partial charge in [0.05, 0.1) is 0 Å². The van der Waals surface area contributed by atoms with Gasteiger partial charge in [-0.05, 0) is 6.26 Å². The molecule has 1 heterocycles. The molecule has 0 saturated carbocycles. The Bertz CT molecular complexity index is 333. The summed E-state index contributed by atoms with van der Waals surface area (Å²) < 4.78 is 26.7. The van der Waals surface area contributed by atoms with Crippen molar-refractivity contribution < 1.29 is 13.2 Å². The molecule has 0 saturated heterocycles. The predicted octanol–water partition coefficient (Wildman–Crippen LogP) is -0.395. The number of nitrogens with zero attached hydrogens (tertiary/aromatic N) is 2. The molecule has 1 N–H and O–H groups in total. The van der Waals surface area contributed by atoms with Crippen molar-refractivity contribution in [3.63, 3.8) is 0 Å². The molecule has 0 aromatic carbocycles. The van der Waals surface area contributed by atoms with E-state index in [1.807, 2.05) is 0 Å². The highest BCUT2D eigenvalue weighted by atomic mass is 32.2. The van der Waals surface area contributed by atoms with Crippen LogP contribution in [0.1, 0.15) is 0 Å². The molecule has 0 atom stereocenters. The summed E-state index contributed by atoms with van der Waals surface area (Å²) in [5.41, 5.74) is 0. The lowest BCUT2D eigenvalue weighted by Crippen LogP contribution is -2.46. The first-order chi connectivity index (χ1) is 5.46. The van der Waals surface area contributed by atoms with Gasteiger partial charge in [0.1, 0.15) is 0 Å². The highest BCUT2D eigenvalue weighted by Crippen LogP contribution is 2.10. The van der Waals surface area contributed by atoms with E-state index in [0.29, 0.717) is 0 Å². The summed E-state index contributed by atoms with van der Waals surface area (Å²) >= 11 is 1.10. The minimum absolute atomic E-state index is 0.166. The second-order valence-electron chi connectivity index (χ2n) is 2.02. The third kappa shape index (κ3) is 1.69. The lowest BCUT2D eigenvalue weighted by Gasteiger charge is -2.21. The summed E-state index contributed by atoms with van der Waals surface area (Å²) in [6.07, 6.45) is 1.64. The number of carbonyl (C=O) groups excluding carboxylic acids is 1. The average molecular weight is 209 g/mol. The normalized spacial score (nSPS) is 21.7. The van der Waals surface area contributed by atoms with Crippen LogP contribution < -0.4 is 4.72 Å². The molecule has 0 fully saturated rings. The zero-order valence-electron chi connectivity index (χ0n) is 6.44. The molecule has 12 heavy (non-hydrogen) atoms. The molecule has 1 aliphatic heterocycles. The second-order valence-corrected chi connectivity index (χ2v) is 4.13. The van der Waals surface area contributed by atoms with Crippen LogP contribution in [0.2, 0.25) is 0 Å². The van der Waals surface area contributed by atoms with Gasteiger partial charge in [-0.2, -0.15) is 8.42 Å². The standard InChI is InChI=1S/C4H7N3O3S2/c1-7-3(8)5-12(9,10)6-4(7)11-2/h1-2H3,(H,5,8). The van der Waals surface area contributed by atoms with Gasteiger partial charge >= 0.3 is 16.2 Å². The number of carbonyl (C=O) groups is 1. The number of amidine groups is 1. The molecule has 0 aromatic heterocycles. The molecule has 0 aromatic rings. The van der Waals surface area contributed by atoms with E-state index in [-0.39, 0.29) is 5.17 Å². The van der Waals surface area contributed by atoms with Crippen LogP contribution >= 0.6 is 11.8 Å².